The second-order valence-electron chi connectivity index (χ2n) is 3.86. The highest BCUT2D eigenvalue weighted by molar-refractivity contribution is 5.22. The molecule has 1 atom stereocenters. The van der Waals surface area contributed by atoms with E-state index in [2.05, 4.69) is 36.5 Å². The van der Waals surface area contributed by atoms with Crippen molar-refractivity contribution in [2.24, 2.45) is 0 Å². The van der Waals surface area contributed by atoms with E-state index >= 15 is 0 Å². The smallest absolute Gasteiger partial charge is 0.0662 e. The molecule has 0 fully saturated rings. The summed E-state index contributed by atoms with van der Waals surface area (Å²) in [4.78, 5) is 0. The Hall–Kier alpha value is -0.860. The standard InChI is InChI=1S/C13H21NO/c1-3-11-5-7-12(8-6-11)9-14-10-13(15)4-2/h5-8,13-15H,3-4,9-10H2,1-2H3. The Morgan fingerprint density at radius 3 is 2.27 bits per heavy atom. The fourth-order valence-electron chi connectivity index (χ4n) is 1.42. The third-order valence-electron chi connectivity index (χ3n) is 2.61. The molecule has 15 heavy (non-hydrogen) atoms. The van der Waals surface area contributed by atoms with Gasteiger partial charge in [-0.25, -0.2) is 0 Å². The monoisotopic (exact) mass is 207 g/mol. The molecule has 0 aliphatic heterocycles. The first-order valence-corrected chi connectivity index (χ1v) is 5.72. The van der Waals surface area contributed by atoms with Crippen LogP contribution < -0.4 is 5.32 Å². The van der Waals surface area contributed by atoms with Crippen molar-refractivity contribution >= 4 is 0 Å². The van der Waals surface area contributed by atoms with Crippen molar-refractivity contribution in [3.05, 3.63) is 35.4 Å². The SMILES string of the molecule is CCc1ccc(CNCC(O)CC)cc1. The van der Waals surface area contributed by atoms with Crippen molar-refractivity contribution in [2.75, 3.05) is 6.54 Å². The highest BCUT2D eigenvalue weighted by Crippen LogP contribution is 2.04. The minimum atomic E-state index is -0.222. The molecular formula is C13H21NO. The number of aliphatic hydroxyl groups is 1. The van der Waals surface area contributed by atoms with Gasteiger partial charge in [0.05, 0.1) is 6.10 Å². The predicted octanol–water partition coefficient (Wildman–Crippen LogP) is 2.11. The molecule has 84 valence electrons. The number of rotatable bonds is 6. The molecule has 2 nitrogen and oxygen atoms in total. The van der Waals surface area contributed by atoms with Gasteiger partial charge in [0.1, 0.15) is 0 Å². The summed E-state index contributed by atoms with van der Waals surface area (Å²) >= 11 is 0. The Morgan fingerprint density at radius 2 is 1.73 bits per heavy atom. The van der Waals surface area contributed by atoms with Crippen LogP contribution >= 0.6 is 0 Å². The zero-order chi connectivity index (χ0) is 11.1. The molecule has 1 aromatic carbocycles. The summed E-state index contributed by atoms with van der Waals surface area (Å²) in [7, 11) is 0. The molecule has 0 heterocycles. The van der Waals surface area contributed by atoms with E-state index in [0.29, 0.717) is 6.54 Å². The van der Waals surface area contributed by atoms with Gasteiger partial charge in [-0.2, -0.15) is 0 Å². The fourth-order valence-corrected chi connectivity index (χ4v) is 1.42. The second-order valence-corrected chi connectivity index (χ2v) is 3.86. The highest BCUT2D eigenvalue weighted by Gasteiger charge is 1.99. The lowest BCUT2D eigenvalue weighted by Gasteiger charge is -2.09. The van der Waals surface area contributed by atoms with E-state index < -0.39 is 0 Å². The van der Waals surface area contributed by atoms with Crippen molar-refractivity contribution in [1.82, 2.24) is 5.32 Å². The molecule has 1 aromatic rings. The molecule has 0 aromatic heterocycles. The van der Waals surface area contributed by atoms with E-state index in [9.17, 15) is 5.11 Å². The van der Waals surface area contributed by atoms with Gasteiger partial charge >= 0.3 is 0 Å². The molecule has 1 unspecified atom stereocenters. The molecule has 0 radical (unpaired) electrons. The Kier molecular flexibility index (Phi) is 5.37. The molecule has 0 spiro atoms. The van der Waals surface area contributed by atoms with Gasteiger partial charge < -0.3 is 10.4 Å². The summed E-state index contributed by atoms with van der Waals surface area (Å²) in [6, 6.07) is 8.61. The van der Waals surface area contributed by atoms with E-state index in [0.717, 1.165) is 19.4 Å². The van der Waals surface area contributed by atoms with E-state index in [4.69, 9.17) is 0 Å². The van der Waals surface area contributed by atoms with Crippen molar-refractivity contribution in [3.8, 4) is 0 Å². The van der Waals surface area contributed by atoms with Crippen LogP contribution in [0.1, 0.15) is 31.4 Å². The molecular weight excluding hydrogens is 186 g/mol. The van der Waals surface area contributed by atoms with Gasteiger partial charge in [-0.3, -0.25) is 0 Å². The van der Waals surface area contributed by atoms with Gasteiger partial charge in [-0.15, -0.1) is 0 Å². The summed E-state index contributed by atoms with van der Waals surface area (Å²) in [5.41, 5.74) is 2.64. The number of hydrogen-bond donors (Lipinski definition) is 2. The molecule has 0 aliphatic carbocycles. The third-order valence-corrected chi connectivity index (χ3v) is 2.61. The normalized spacial score (nSPS) is 12.7. The average molecular weight is 207 g/mol. The van der Waals surface area contributed by atoms with Crippen LogP contribution in [0.25, 0.3) is 0 Å². The van der Waals surface area contributed by atoms with Crippen LogP contribution in [-0.4, -0.2) is 17.8 Å². The van der Waals surface area contributed by atoms with Crippen LogP contribution in [0, 0.1) is 0 Å². The summed E-state index contributed by atoms with van der Waals surface area (Å²) in [6.45, 7) is 5.65. The van der Waals surface area contributed by atoms with E-state index in [1.54, 1.807) is 0 Å². The highest BCUT2D eigenvalue weighted by atomic mass is 16.3. The van der Waals surface area contributed by atoms with Crippen molar-refractivity contribution < 1.29 is 5.11 Å². The maximum atomic E-state index is 9.36. The molecule has 0 saturated carbocycles. The summed E-state index contributed by atoms with van der Waals surface area (Å²) < 4.78 is 0. The molecule has 0 bridgehead atoms. The van der Waals surface area contributed by atoms with Crippen LogP contribution in [0.4, 0.5) is 0 Å². The largest absolute Gasteiger partial charge is 0.392 e. The molecule has 1 rings (SSSR count). The van der Waals surface area contributed by atoms with E-state index in [1.807, 2.05) is 6.92 Å². The molecule has 0 saturated heterocycles. The predicted molar refractivity (Wildman–Crippen MR) is 63.8 cm³/mol. The average Bonchev–Trinajstić information content (AvgIpc) is 2.29. The lowest BCUT2D eigenvalue weighted by Crippen LogP contribution is -2.25. The number of aryl methyl sites for hydroxylation is 1. The van der Waals surface area contributed by atoms with Crippen molar-refractivity contribution in [1.29, 1.82) is 0 Å². The molecule has 0 aliphatic rings. The number of aliphatic hydroxyl groups excluding tert-OH is 1. The molecule has 2 N–H and O–H groups in total. The maximum Gasteiger partial charge on any atom is 0.0662 e. The van der Waals surface area contributed by atoms with Crippen molar-refractivity contribution in [3.63, 3.8) is 0 Å². The minimum Gasteiger partial charge on any atom is -0.392 e. The lowest BCUT2D eigenvalue weighted by atomic mass is 10.1. The minimum absolute atomic E-state index is 0.222. The first-order chi connectivity index (χ1) is 7.26. The van der Waals surface area contributed by atoms with Gasteiger partial charge in [0.25, 0.3) is 0 Å². The quantitative estimate of drug-likeness (QED) is 0.749. The zero-order valence-corrected chi connectivity index (χ0v) is 9.66. The number of hydrogen-bond acceptors (Lipinski definition) is 2. The van der Waals surface area contributed by atoms with Crippen LogP contribution in [0.5, 0.6) is 0 Å². The van der Waals surface area contributed by atoms with Crippen molar-refractivity contribution in [2.45, 2.75) is 39.3 Å². The summed E-state index contributed by atoms with van der Waals surface area (Å²) in [6.07, 6.45) is 1.67. The first kappa shape index (κ1) is 12.2. The Labute approximate surface area is 92.3 Å². The third kappa shape index (κ3) is 4.45. The lowest BCUT2D eigenvalue weighted by molar-refractivity contribution is 0.167. The van der Waals surface area contributed by atoms with Gasteiger partial charge in [0.2, 0.25) is 0 Å². The van der Waals surface area contributed by atoms with Crippen LogP contribution in [0.15, 0.2) is 24.3 Å². The van der Waals surface area contributed by atoms with Crippen LogP contribution in [-0.2, 0) is 13.0 Å². The second kappa shape index (κ2) is 6.59. The Bertz CT molecular complexity index is 268. The topological polar surface area (TPSA) is 32.3 Å². The number of benzene rings is 1. The van der Waals surface area contributed by atoms with Crippen LogP contribution in [0.3, 0.4) is 0 Å². The fraction of sp³-hybridized carbons (Fsp3) is 0.538. The Morgan fingerprint density at radius 1 is 1.13 bits per heavy atom. The number of nitrogens with one attached hydrogen (secondary N) is 1. The summed E-state index contributed by atoms with van der Waals surface area (Å²) in [5, 5.41) is 12.6. The zero-order valence-electron chi connectivity index (χ0n) is 9.66. The molecule has 0 amide bonds. The van der Waals surface area contributed by atoms with Gasteiger partial charge in [0.15, 0.2) is 0 Å². The van der Waals surface area contributed by atoms with Gasteiger partial charge in [-0.05, 0) is 24.0 Å². The van der Waals surface area contributed by atoms with Gasteiger partial charge in [-0.1, -0.05) is 38.1 Å². The molecule has 2 heteroatoms. The van der Waals surface area contributed by atoms with Gasteiger partial charge in [0, 0.05) is 13.1 Å². The van der Waals surface area contributed by atoms with Crippen LogP contribution in [0.2, 0.25) is 0 Å². The first-order valence-electron chi connectivity index (χ1n) is 5.72. The maximum absolute atomic E-state index is 9.36. The van der Waals surface area contributed by atoms with E-state index in [1.165, 1.54) is 11.1 Å². The van der Waals surface area contributed by atoms with E-state index in [-0.39, 0.29) is 6.10 Å². The summed E-state index contributed by atoms with van der Waals surface area (Å²) in [5.74, 6) is 0. The Balaban J connectivity index is 2.31.